The van der Waals surface area contributed by atoms with E-state index in [1.165, 1.54) is 41.5 Å². The fourth-order valence-corrected chi connectivity index (χ4v) is 7.35. The maximum absolute atomic E-state index is 5.07. The standard InChI is InChI=1S/C14H22N2S3/c1-9-13(18-7-6-17-9)14-16-12-10(8-15-2)4-3-5-11(12)19-14/h9-10,13,15H,3-8H2,1-2H3. The zero-order valence-electron chi connectivity index (χ0n) is 11.6. The van der Waals surface area contributed by atoms with Gasteiger partial charge in [-0.3, -0.25) is 0 Å². The van der Waals surface area contributed by atoms with Crippen molar-refractivity contribution in [2.45, 2.75) is 42.6 Å². The Kier molecular flexibility index (Phi) is 4.78. The van der Waals surface area contributed by atoms with Gasteiger partial charge in [0, 0.05) is 34.1 Å². The highest BCUT2D eigenvalue weighted by Crippen LogP contribution is 2.46. The maximum Gasteiger partial charge on any atom is 0.107 e. The highest BCUT2D eigenvalue weighted by molar-refractivity contribution is 8.06. The molecule has 1 aliphatic carbocycles. The summed E-state index contributed by atoms with van der Waals surface area (Å²) in [7, 11) is 2.05. The first kappa shape index (κ1) is 14.2. The molecule has 0 amide bonds. The smallest absolute Gasteiger partial charge is 0.107 e. The van der Waals surface area contributed by atoms with Crippen LogP contribution in [0, 0.1) is 0 Å². The van der Waals surface area contributed by atoms with Crippen molar-refractivity contribution in [1.82, 2.24) is 10.3 Å². The molecule has 1 aromatic heterocycles. The zero-order valence-corrected chi connectivity index (χ0v) is 14.1. The molecule has 0 aromatic carbocycles. The first-order chi connectivity index (χ1) is 9.29. The molecule has 3 atom stereocenters. The number of nitrogens with zero attached hydrogens (tertiary/aromatic N) is 1. The number of rotatable bonds is 3. The number of hydrogen-bond acceptors (Lipinski definition) is 5. The minimum Gasteiger partial charge on any atom is -0.319 e. The lowest BCUT2D eigenvalue weighted by Gasteiger charge is -2.26. The largest absolute Gasteiger partial charge is 0.319 e. The molecule has 2 nitrogen and oxygen atoms in total. The van der Waals surface area contributed by atoms with E-state index in [2.05, 4.69) is 42.8 Å². The van der Waals surface area contributed by atoms with E-state index < -0.39 is 0 Å². The van der Waals surface area contributed by atoms with Crippen molar-refractivity contribution in [2.75, 3.05) is 25.1 Å². The van der Waals surface area contributed by atoms with E-state index >= 15 is 0 Å². The Labute approximate surface area is 128 Å². The summed E-state index contributed by atoms with van der Waals surface area (Å²) in [5.41, 5.74) is 1.42. The Morgan fingerprint density at radius 1 is 1.32 bits per heavy atom. The number of aromatic nitrogens is 1. The van der Waals surface area contributed by atoms with Crippen LogP contribution in [0.5, 0.6) is 0 Å². The minimum atomic E-state index is 0.629. The molecule has 0 radical (unpaired) electrons. The minimum absolute atomic E-state index is 0.629. The van der Waals surface area contributed by atoms with Crippen molar-refractivity contribution in [3.63, 3.8) is 0 Å². The molecule has 106 valence electrons. The second-order valence-corrected chi connectivity index (χ2v) is 9.22. The third kappa shape index (κ3) is 2.99. The molecule has 1 fully saturated rings. The normalized spacial score (nSPS) is 31.2. The molecule has 2 aliphatic rings. The molecule has 1 aliphatic heterocycles. The molecular formula is C14H22N2S3. The van der Waals surface area contributed by atoms with E-state index in [9.17, 15) is 0 Å². The highest BCUT2D eigenvalue weighted by atomic mass is 32.2. The summed E-state index contributed by atoms with van der Waals surface area (Å²) in [6.07, 6.45) is 3.90. The van der Waals surface area contributed by atoms with Crippen LogP contribution >= 0.6 is 34.9 Å². The Balaban J connectivity index is 1.84. The SMILES string of the molecule is CNCC1CCCc2sc(C3SCCSC3C)nc21. The highest BCUT2D eigenvalue weighted by Gasteiger charge is 2.30. The van der Waals surface area contributed by atoms with Crippen LogP contribution in [0.15, 0.2) is 0 Å². The molecule has 3 rings (SSSR count). The summed E-state index contributed by atoms with van der Waals surface area (Å²) < 4.78 is 0. The Hall–Kier alpha value is 0.290. The van der Waals surface area contributed by atoms with Crippen molar-refractivity contribution < 1.29 is 0 Å². The molecular weight excluding hydrogens is 292 g/mol. The van der Waals surface area contributed by atoms with Crippen LogP contribution in [0.1, 0.15) is 46.5 Å². The molecule has 2 heterocycles. The van der Waals surface area contributed by atoms with E-state index in [1.807, 2.05) is 11.3 Å². The molecule has 1 saturated heterocycles. The number of likely N-dealkylation sites (N-methyl/N-ethyl adjacent to an activating group) is 1. The molecule has 1 aromatic rings. The Morgan fingerprint density at radius 2 is 2.16 bits per heavy atom. The molecule has 5 heteroatoms. The zero-order chi connectivity index (χ0) is 13.2. The van der Waals surface area contributed by atoms with E-state index in [4.69, 9.17) is 4.98 Å². The van der Waals surface area contributed by atoms with Gasteiger partial charge >= 0.3 is 0 Å². The summed E-state index contributed by atoms with van der Waals surface area (Å²) in [4.78, 5) is 6.64. The van der Waals surface area contributed by atoms with Gasteiger partial charge in [-0.2, -0.15) is 11.8 Å². The van der Waals surface area contributed by atoms with Crippen LogP contribution < -0.4 is 5.32 Å². The molecule has 0 saturated carbocycles. The van der Waals surface area contributed by atoms with E-state index in [-0.39, 0.29) is 0 Å². The second kappa shape index (κ2) is 6.37. The maximum atomic E-state index is 5.07. The predicted molar refractivity (Wildman–Crippen MR) is 88.8 cm³/mol. The van der Waals surface area contributed by atoms with Crippen LogP contribution in [0.4, 0.5) is 0 Å². The molecule has 1 N–H and O–H groups in total. The lowest BCUT2D eigenvalue weighted by atomic mass is 9.91. The fourth-order valence-electron chi connectivity index (χ4n) is 3.00. The number of nitrogens with one attached hydrogen (secondary N) is 1. The van der Waals surface area contributed by atoms with Gasteiger partial charge in [-0.15, -0.1) is 23.1 Å². The molecule has 3 unspecified atom stereocenters. The third-order valence-corrected chi connectivity index (χ3v) is 8.43. The van der Waals surface area contributed by atoms with Crippen molar-refractivity contribution >= 4 is 34.9 Å². The van der Waals surface area contributed by atoms with Gasteiger partial charge in [-0.25, -0.2) is 4.98 Å². The van der Waals surface area contributed by atoms with Crippen molar-refractivity contribution in [3.8, 4) is 0 Å². The van der Waals surface area contributed by atoms with Crippen molar-refractivity contribution in [1.29, 1.82) is 0 Å². The summed E-state index contributed by atoms with van der Waals surface area (Å²) >= 11 is 6.23. The third-order valence-electron chi connectivity index (χ3n) is 3.97. The van der Waals surface area contributed by atoms with Crippen LogP contribution in [-0.4, -0.2) is 35.3 Å². The van der Waals surface area contributed by atoms with Gasteiger partial charge in [-0.1, -0.05) is 6.92 Å². The number of aryl methyl sites for hydroxylation is 1. The number of thioether (sulfide) groups is 2. The average Bonchev–Trinajstić information content (AvgIpc) is 2.84. The van der Waals surface area contributed by atoms with E-state index in [0.29, 0.717) is 16.4 Å². The molecule has 19 heavy (non-hydrogen) atoms. The van der Waals surface area contributed by atoms with Crippen molar-refractivity contribution in [3.05, 3.63) is 15.6 Å². The van der Waals surface area contributed by atoms with Gasteiger partial charge in [0.15, 0.2) is 0 Å². The summed E-state index contributed by atoms with van der Waals surface area (Å²) in [5, 5.41) is 6.08. The first-order valence-corrected chi connectivity index (χ1v) is 10.1. The fraction of sp³-hybridized carbons (Fsp3) is 0.786. The topological polar surface area (TPSA) is 24.9 Å². The lowest BCUT2D eigenvalue weighted by molar-refractivity contribution is 0.521. The van der Waals surface area contributed by atoms with Gasteiger partial charge in [-0.05, 0) is 26.3 Å². The summed E-state index contributed by atoms with van der Waals surface area (Å²) in [5.74, 6) is 3.23. The summed E-state index contributed by atoms with van der Waals surface area (Å²) in [6, 6.07) is 0. The Bertz CT molecular complexity index is 432. The quantitative estimate of drug-likeness (QED) is 0.920. The Morgan fingerprint density at radius 3 is 2.95 bits per heavy atom. The van der Waals surface area contributed by atoms with Gasteiger partial charge in [0.05, 0.1) is 10.9 Å². The first-order valence-electron chi connectivity index (χ1n) is 7.17. The van der Waals surface area contributed by atoms with Crippen LogP contribution in [0.2, 0.25) is 0 Å². The number of hydrogen-bond donors (Lipinski definition) is 1. The van der Waals surface area contributed by atoms with Crippen LogP contribution in [0.3, 0.4) is 0 Å². The van der Waals surface area contributed by atoms with Gasteiger partial charge in [0.1, 0.15) is 5.01 Å². The van der Waals surface area contributed by atoms with E-state index in [0.717, 1.165) is 6.54 Å². The van der Waals surface area contributed by atoms with Crippen molar-refractivity contribution in [2.24, 2.45) is 0 Å². The second-order valence-electron chi connectivity index (χ2n) is 5.37. The van der Waals surface area contributed by atoms with Gasteiger partial charge in [0.2, 0.25) is 0 Å². The molecule has 0 bridgehead atoms. The lowest BCUT2D eigenvalue weighted by Crippen LogP contribution is -2.21. The van der Waals surface area contributed by atoms with Crippen LogP contribution in [-0.2, 0) is 6.42 Å². The molecule has 0 spiro atoms. The average molecular weight is 315 g/mol. The van der Waals surface area contributed by atoms with Gasteiger partial charge in [0.25, 0.3) is 0 Å². The number of fused-ring (bicyclic) bond motifs is 1. The summed E-state index contributed by atoms with van der Waals surface area (Å²) in [6.45, 7) is 3.45. The number of thiazole rings is 1. The predicted octanol–water partition coefficient (Wildman–Crippen LogP) is 3.69. The van der Waals surface area contributed by atoms with Crippen LogP contribution in [0.25, 0.3) is 0 Å². The van der Waals surface area contributed by atoms with Gasteiger partial charge < -0.3 is 5.32 Å². The monoisotopic (exact) mass is 314 g/mol. The van der Waals surface area contributed by atoms with E-state index in [1.54, 1.807) is 4.88 Å².